The fraction of sp³-hybridized carbons (Fsp3) is 0.562. The van der Waals surface area contributed by atoms with E-state index in [9.17, 15) is 4.79 Å². The number of benzene rings is 1. The minimum absolute atomic E-state index is 0.349. The number of hydrogen-bond donors (Lipinski definition) is 1. The van der Waals surface area contributed by atoms with Crippen molar-refractivity contribution < 1.29 is 9.53 Å². The molecule has 1 aromatic carbocycles. The minimum atomic E-state index is -0.854. The molecular formula is C16H25NO2. The van der Waals surface area contributed by atoms with Crippen molar-refractivity contribution in [2.24, 2.45) is 5.73 Å². The fourth-order valence-corrected chi connectivity index (χ4v) is 2.16. The van der Waals surface area contributed by atoms with Crippen LogP contribution in [0.3, 0.4) is 0 Å². The van der Waals surface area contributed by atoms with Crippen LogP contribution in [0.2, 0.25) is 0 Å². The molecule has 0 unspecified atom stereocenters. The second-order valence-corrected chi connectivity index (χ2v) is 4.98. The largest absolute Gasteiger partial charge is 0.477 e. The number of carbonyl (C=O) groups excluding carboxylic acids is 1. The maximum Gasteiger partial charge on any atom is 0.261 e. The van der Waals surface area contributed by atoms with Crippen LogP contribution in [-0.4, -0.2) is 11.5 Å². The number of primary amides is 1. The normalized spacial score (nSPS) is 11.3. The number of para-hydroxylation sites is 1. The van der Waals surface area contributed by atoms with Gasteiger partial charge < -0.3 is 10.5 Å². The Bertz CT molecular complexity index is 368. The molecule has 1 aromatic rings. The molecule has 0 fully saturated rings. The Morgan fingerprint density at radius 2 is 1.63 bits per heavy atom. The minimum Gasteiger partial charge on any atom is -0.477 e. The molecule has 0 radical (unpaired) electrons. The van der Waals surface area contributed by atoms with Gasteiger partial charge in [0.15, 0.2) is 5.60 Å². The fourth-order valence-electron chi connectivity index (χ4n) is 2.16. The predicted molar refractivity (Wildman–Crippen MR) is 78.0 cm³/mol. The van der Waals surface area contributed by atoms with E-state index in [-0.39, 0.29) is 5.91 Å². The smallest absolute Gasteiger partial charge is 0.261 e. The van der Waals surface area contributed by atoms with E-state index in [1.165, 1.54) is 0 Å². The zero-order valence-corrected chi connectivity index (χ0v) is 12.0. The molecule has 19 heavy (non-hydrogen) atoms. The molecule has 0 heterocycles. The summed E-state index contributed by atoms with van der Waals surface area (Å²) in [6.07, 6.45) is 5.32. The zero-order valence-electron chi connectivity index (χ0n) is 12.0. The second kappa shape index (κ2) is 7.82. The molecule has 0 aliphatic rings. The quantitative estimate of drug-likeness (QED) is 0.739. The van der Waals surface area contributed by atoms with Crippen molar-refractivity contribution in [3.8, 4) is 5.75 Å². The summed E-state index contributed by atoms with van der Waals surface area (Å²) in [6.45, 7) is 4.21. The van der Waals surface area contributed by atoms with E-state index in [1.807, 2.05) is 30.3 Å². The first-order valence-electron chi connectivity index (χ1n) is 7.18. The highest BCUT2D eigenvalue weighted by Gasteiger charge is 2.37. The molecule has 106 valence electrons. The van der Waals surface area contributed by atoms with Gasteiger partial charge in [0.2, 0.25) is 0 Å². The number of unbranched alkanes of at least 4 members (excludes halogenated alkanes) is 2. The number of hydrogen-bond acceptors (Lipinski definition) is 2. The highest BCUT2D eigenvalue weighted by molar-refractivity contribution is 5.83. The number of rotatable bonds is 9. The molecule has 0 aliphatic heterocycles. The molecule has 1 amide bonds. The topological polar surface area (TPSA) is 52.3 Å². The van der Waals surface area contributed by atoms with Crippen LogP contribution in [0.4, 0.5) is 0 Å². The van der Waals surface area contributed by atoms with E-state index in [1.54, 1.807) is 0 Å². The summed E-state index contributed by atoms with van der Waals surface area (Å²) in [7, 11) is 0. The van der Waals surface area contributed by atoms with E-state index < -0.39 is 5.60 Å². The molecule has 0 aromatic heterocycles. The van der Waals surface area contributed by atoms with Crippen LogP contribution in [0.25, 0.3) is 0 Å². The number of nitrogens with two attached hydrogens (primary N) is 1. The molecule has 0 saturated heterocycles. The Morgan fingerprint density at radius 3 is 2.05 bits per heavy atom. The Morgan fingerprint density at radius 1 is 1.11 bits per heavy atom. The van der Waals surface area contributed by atoms with Crippen molar-refractivity contribution in [2.75, 3.05) is 0 Å². The zero-order chi connectivity index (χ0) is 14.1. The lowest BCUT2D eigenvalue weighted by atomic mass is 9.89. The van der Waals surface area contributed by atoms with Crippen molar-refractivity contribution in [2.45, 2.75) is 58.0 Å². The summed E-state index contributed by atoms with van der Waals surface area (Å²) < 4.78 is 5.99. The first-order valence-corrected chi connectivity index (χ1v) is 7.18. The van der Waals surface area contributed by atoms with Crippen LogP contribution in [0.5, 0.6) is 5.75 Å². The molecule has 0 bridgehead atoms. The van der Waals surface area contributed by atoms with E-state index in [0.717, 1.165) is 25.7 Å². The first-order chi connectivity index (χ1) is 9.14. The van der Waals surface area contributed by atoms with Gasteiger partial charge >= 0.3 is 0 Å². The SMILES string of the molecule is CCCCC(CCCC)(Oc1ccccc1)C(N)=O. The van der Waals surface area contributed by atoms with E-state index in [2.05, 4.69) is 13.8 Å². The molecule has 0 saturated carbocycles. The number of carbonyl (C=O) groups is 1. The Hall–Kier alpha value is -1.51. The Balaban J connectivity index is 2.90. The molecule has 0 aliphatic carbocycles. The van der Waals surface area contributed by atoms with Gasteiger partial charge in [0.1, 0.15) is 5.75 Å². The molecule has 0 spiro atoms. The highest BCUT2D eigenvalue weighted by Crippen LogP contribution is 2.28. The summed E-state index contributed by atoms with van der Waals surface area (Å²) >= 11 is 0. The second-order valence-electron chi connectivity index (χ2n) is 4.98. The summed E-state index contributed by atoms with van der Waals surface area (Å²) in [5.74, 6) is 0.367. The molecular weight excluding hydrogens is 238 g/mol. The summed E-state index contributed by atoms with van der Waals surface area (Å²) in [5, 5.41) is 0. The standard InChI is InChI=1S/C16H25NO2/c1-3-5-12-16(15(17)18,13-6-4-2)19-14-10-8-7-9-11-14/h7-11H,3-6,12-13H2,1-2H3,(H2,17,18). The van der Waals surface area contributed by atoms with Gasteiger partial charge in [-0.3, -0.25) is 4.79 Å². The molecule has 0 atom stereocenters. The lowest BCUT2D eigenvalue weighted by Crippen LogP contribution is -2.49. The predicted octanol–water partition coefficient (Wildman–Crippen LogP) is 3.67. The van der Waals surface area contributed by atoms with Crippen molar-refractivity contribution in [1.29, 1.82) is 0 Å². The van der Waals surface area contributed by atoms with Gasteiger partial charge in [0.05, 0.1) is 0 Å². The first kappa shape index (κ1) is 15.5. The monoisotopic (exact) mass is 263 g/mol. The van der Waals surface area contributed by atoms with E-state index >= 15 is 0 Å². The maximum atomic E-state index is 11.9. The van der Waals surface area contributed by atoms with Gasteiger partial charge in [0, 0.05) is 0 Å². The Labute approximate surface area is 116 Å². The van der Waals surface area contributed by atoms with Crippen molar-refractivity contribution in [3.05, 3.63) is 30.3 Å². The van der Waals surface area contributed by atoms with Crippen molar-refractivity contribution in [1.82, 2.24) is 0 Å². The average molecular weight is 263 g/mol. The number of amides is 1. The Kier molecular flexibility index (Phi) is 6.40. The van der Waals surface area contributed by atoms with Crippen LogP contribution >= 0.6 is 0 Å². The third-order valence-corrected chi connectivity index (χ3v) is 3.37. The summed E-state index contributed by atoms with van der Waals surface area (Å²) in [6, 6.07) is 9.48. The molecule has 3 heteroatoms. The van der Waals surface area contributed by atoms with E-state index in [0.29, 0.717) is 18.6 Å². The molecule has 2 N–H and O–H groups in total. The molecule has 1 rings (SSSR count). The lowest BCUT2D eigenvalue weighted by molar-refractivity contribution is -0.135. The maximum absolute atomic E-state index is 11.9. The van der Waals surface area contributed by atoms with Crippen LogP contribution < -0.4 is 10.5 Å². The van der Waals surface area contributed by atoms with Gasteiger partial charge in [-0.05, 0) is 37.8 Å². The third-order valence-electron chi connectivity index (χ3n) is 3.37. The highest BCUT2D eigenvalue weighted by atomic mass is 16.5. The summed E-state index contributed by atoms with van der Waals surface area (Å²) in [4.78, 5) is 11.9. The van der Waals surface area contributed by atoms with Crippen LogP contribution in [0.15, 0.2) is 30.3 Å². The van der Waals surface area contributed by atoms with Crippen molar-refractivity contribution >= 4 is 5.91 Å². The molecule has 3 nitrogen and oxygen atoms in total. The van der Waals surface area contributed by atoms with Gasteiger partial charge in [-0.25, -0.2) is 0 Å². The van der Waals surface area contributed by atoms with Gasteiger partial charge in [-0.1, -0.05) is 44.9 Å². The third kappa shape index (κ3) is 4.58. The lowest BCUT2D eigenvalue weighted by Gasteiger charge is -2.31. The van der Waals surface area contributed by atoms with Crippen LogP contribution in [0.1, 0.15) is 52.4 Å². The summed E-state index contributed by atoms with van der Waals surface area (Å²) in [5.41, 5.74) is 4.78. The van der Waals surface area contributed by atoms with E-state index in [4.69, 9.17) is 10.5 Å². The van der Waals surface area contributed by atoms with Gasteiger partial charge in [0.25, 0.3) is 5.91 Å². The van der Waals surface area contributed by atoms with Crippen LogP contribution in [0, 0.1) is 0 Å². The average Bonchev–Trinajstić information content (AvgIpc) is 2.43. The van der Waals surface area contributed by atoms with Gasteiger partial charge in [-0.2, -0.15) is 0 Å². The van der Waals surface area contributed by atoms with Crippen LogP contribution in [-0.2, 0) is 4.79 Å². The van der Waals surface area contributed by atoms with Crippen molar-refractivity contribution in [3.63, 3.8) is 0 Å². The number of ether oxygens (including phenoxy) is 1. The van der Waals surface area contributed by atoms with Gasteiger partial charge in [-0.15, -0.1) is 0 Å².